The van der Waals surface area contributed by atoms with Gasteiger partial charge in [0.15, 0.2) is 5.96 Å². The van der Waals surface area contributed by atoms with Gasteiger partial charge in [-0.25, -0.2) is 0 Å². The van der Waals surface area contributed by atoms with Gasteiger partial charge in [-0.05, 0) is 58.7 Å². The Kier molecular flexibility index (Phi) is 15.5. The van der Waals surface area contributed by atoms with E-state index in [9.17, 15) is 0 Å². The number of hydrogen-bond donors (Lipinski definition) is 2. The molecule has 0 aromatic heterocycles. The summed E-state index contributed by atoms with van der Waals surface area (Å²) in [5, 5.41) is 6.85. The van der Waals surface area contributed by atoms with Gasteiger partial charge in [-0.2, -0.15) is 0 Å². The molecule has 0 atom stereocenters. The first-order valence-corrected chi connectivity index (χ1v) is 10.9. The van der Waals surface area contributed by atoms with E-state index in [1.807, 2.05) is 0 Å². The number of likely N-dealkylation sites (tertiary alicyclic amines) is 1. The zero-order valence-corrected chi connectivity index (χ0v) is 19.7. The van der Waals surface area contributed by atoms with Crippen molar-refractivity contribution in [2.75, 3.05) is 72.1 Å². The van der Waals surface area contributed by atoms with Gasteiger partial charge in [-0.15, -0.1) is 24.0 Å². The number of rotatable bonds is 11. The highest BCUT2D eigenvalue weighted by Gasteiger charge is 2.10. The maximum Gasteiger partial charge on any atom is 0.191 e. The molecule has 0 aliphatic carbocycles. The van der Waals surface area contributed by atoms with Crippen LogP contribution in [-0.2, 0) is 4.74 Å². The van der Waals surface area contributed by atoms with Gasteiger partial charge in [0.1, 0.15) is 0 Å². The molecule has 160 valence electrons. The molecule has 0 unspecified atom stereocenters. The predicted molar refractivity (Wildman–Crippen MR) is 125 cm³/mol. The Morgan fingerprint density at radius 1 is 0.852 bits per heavy atom. The second kappa shape index (κ2) is 16.8. The van der Waals surface area contributed by atoms with Crippen LogP contribution in [0.25, 0.3) is 0 Å². The van der Waals surface area contributed by atoms with Crippen molar-refractivity contribution >= 4 is 29.9 Å². The third-order valence-electron chi connectivity index (χ3n) is 5.24. The third kappa shape index (κ3) is 12.1. The summed E-state index contributed by atoms with van der Waals surface area (Å²) in [6, 6.07) is 0. The highest BCUT2D eigenvalue weighted by atomic mass is 127. The number of unbranched alkanes of at least 4 members (excludes halogenated alkanes) is 2. The number of piperidine rings is 1. The minimum absolute atomic E-state index is 0. The van der Waals surface area contributed by atoms with E-state index in [-0.39, 0.29) is 24.0 Å². The lowest BCUT2D eigenvalue weighted by atomic mass is 10.1. The largest absolute Gasteiger partial charge is 0.379 e. The summed E-state index contributed by atoms with van der Waals surface area (Å²) in [5.74, 6) is 0.977. The Morgan fingerprint density at radius 2 is 1.56 bits per heavy atom. The molecule has 2 N–H and O–H groups in total. The number of nitrogens with one attached hydrogen (secondary N) is 2. The first-order chi connectivity index (χ1) is 12.9. The first kappa shape index (κ1) is 24.9. The second-order valence-electron chi connectivity index (χ2n) is 7.46. The number of halogens is 1. The number of morpholine rings is 1. The molecule has 2 fully saturated rings. The summed E-state index contributed by atoms with van der Waals surface area (Å²) in [7, 11) is 0. The first-order valence-electron chi connectivity index (χ1n) is 10.9. The topological polar surface area (TPSA) is 52.1 Å². The minimum atomic E-state index is 0. The van der Waals surface area contributed by atoms with Crippen LogP contribution < -0.4 is 10.6 Å². The van der Waals surface area contributed by atoms with Crippen molar-refractivity contribution in [1.29, 1.82) is 0 Å². The van der Waals surface area contributed by atoms with Crippen molar-refractivity contribution < 1.29 is 4.74 Å². The molecule has 2 heterocycles. The van der Waals surface area contributed by atoms with Gasteiger partial charge < -0.3 is 20.3 Å². The maximum absolute atomic E-state index is 5.39. The Labute approximate surface area is 183 Å². The van der Waals surface area contributed by atoms with Gasteiger partial charge in [-0.3, -0.25) is 9.89 Å². The van der Waals surface area contributed by atoms with Crippen molar-refractivity contribution in [1.82, 2.24) is 20.4 Å². The van der Waals surface area contributed by atoms with E-state index >= 15 is 0 Å². The van der Waals surface area contributed by atoms with E-state index in [1.165, 1.54) is 58.2 Å². The van der Waals surface area contributed by atoms with Crippen LogP contribution in [0, 0.1) is 0 Å². The normalized spacial score (nSPS) is 19.5. The second-order valence-corrected chi connectivity index (χ2v) is 7.46. The lowest BCUT2D eigenvalue weighted by molar-refractivity contribution is 0.0377. The fraction of sp³-hybridized carbons (Fsp3) is 0.950. The summed E-state index contributed by atoms with van der Waals surface area (Å²) in [6.07, 6.45) is 9.21. The van der Waals surface area contributed by atoms with Gasteiger partial charge in [0, 0.05) is 39.3 Å². The maximum atomic E-state index is 5.39. The molecule has 0 bridgehead atoms. The fourth-order valence-electron chi connectivity index (χ4n) is 3.68. The van der Waals surface area contributed by atoms with Crippen LogP contribution in [0.4, 0.5) is 0 Å². The van der Waals surface area contributed by atoms with Gasteiger partial charge in [0.2, 0.25) is 0 Å². The Hall–Kier alpha value is -0.120. The molecule has 2 saturated heterocycles. The quantitative estimate of drug-likeness (QED) is 0.200. The molecule has 0 saturated carbocycles. The minimum Gasteiger partial charge on any atom is -0.379 e. The van der Waals surface area contributed by atoms with Crippen molar-refractivity contribution in [2.24, 2.45) is 4.99 Å². The SMILES string of the molecule is CCNC(=NCCCN1CCOCC1)NCCCCCN1CCCCC1.I. The Bertz CT molecular complexity index is 371. The van der Waals surface area contributed by atoms with E-state index in [4.69, 9.17) is 9.73 Å². The molecule has 0 radical (unpaired) electrons. The molecule has 0 aromatic rings. The molecule has 6 nitrogen and oxygen atoms in total. The highest BCUT2D eigenvalue weighted by molar-refractivity contribution is 14.0. The predicted octanol–water partition coefficient (Wildman–Crippen LogP) is 2.54. The van der Waals surface area contributed by atoms with Crippen LogP contribution in [0.3, 0.4) is 0 Å². The standard InChI is InChI=1S/C20H41N5O.HI/c1-2-21-20(23-11-9-15-25-16-18-26-19-17-25)22-10-5-3-6-12-24-13-7-4-8-14-24;/h2-19H2,1H3,(H2,21,22,23);1H. The third-order valence-corrected chi connectivity index (χ3v) is 5.24. The number of nitrogens with zero attached hydrogens (tertiary/aromatic N) is 3. The summed E-state index contributed by atoms with van der Waals surface area (Å²) >= 11 is 0. The molecule has 0 aromatic carbocycles. The number of aliphatic imine (C=N–C) groups is 1. The van der Waals surface area contributed by atoms with Gasteiger partial charge >= 0.3 is 0 Å². The van der Waals surface area contributed by atoms with Crippen LogP contribution in [0.2, 0.25) is 0 Å². The zero-order valence-electron chi connectivity index (χ0n) is 17.4. The number of ether oxygens (including phenoxy) is 1. The average Bonchev–Trinajstić information content (AvgIpc) is 2.69. The Morgan fingerprint density at radius 3 is 2.30 bits per heavy atom. The number of hydrogen-bond acceptors (Lipinski definition) is 4. The van der Waals surface area contributed by atoms with E-state index in [1.54, 1.807) is 0 Å². The molecule has 0 spiro atoms. The van der Waals surface area contributed by atoms with E-state index < -0.39 is 0 Å². The fourth-order valence-corrected chi connectivity index (χ4v) is 3.68. The van der Waals surface area contributed by atoms with Crippen LogP contribution in [-0.4, -0.2) is 87.9 Å². The van der Waals surface area contributed by atoms with Gasteiger partial charge in [0.25, 0.3) is 0 Å². The molecule has 7 heteroatoms. The average molecular weight is 495 g/mol. The summed E-state index contributed by atoms with van der Waals surface area (Å²) in [6.45, 7) is 13.9. The van der Waals surface area contributed by atoms with E-state index in [2.05, 4.69) is 27.4 Å². The van der Waals surface area contributed by atoms with E-state index in [0.717, 1.165) is 64.9 Å². The van der Waals surface area contributed by atoms with Crippen molar-refractivity contribution in [3.63, 3.8) is 0 Å². The molecule has 2 aliphatic rings. The molecule has 0 amide bonds. The summed E-state index contributed by atoms with van der Waals surface area (Å²) in [5.41, 5.74) is 0. The smallest absolute Gasteiger partial charge is 0.191 e. The molecule has 27 heavy (non-hydrogen) atoms. The van der Waals surface area contributed by atoms with Crippen LogP contribution in [0.1, 0.15) is 51.9 Å². The van der Waals surface area contributed by atoms with Crippen LogP contribution >= 0.6 is 24.0 Å². The number of guanidine groups is 1. The van der Waals surface area contributed by atoms with Crippen molar-refractivity contribution in [2.45, 2.75) is 51.9 Å². The molecule has 2 rings (SSSR count). The summed E-state index contributed by atoms with van der Waals surface area (Å²) < 4.78 is 5.39. The summed E-state index contributed by atoms with van der Waals surface area (Å²) in [4.78, 5) is 9.83. The highest BCUT2D eigenvalue weighted by Crippen LogP contribution is 2.09. The lowest BCUT2D eigenvalue weighted by Gasteiger charge is -2.26. The molecular formula is C20H42IN5O. The molecule has 2 aliphatic heterocycles. The zero-order chi connectivity index (χ0) is 18.3. The van der Waals surface area contributed by atoms with Crippen molar-refractivity contribution in [3.05, 3.63) is 0 Å². The molecular weight excluding hydrogens is 453 g/mol. The lowest BCUT2D eigenvalue weighted by Crippen LogP contribution is -2.38. The van der Waals surface area contributed by atoms with Crippen molar-refractivity contribution in [3.8, 4) is 0 Å². The van der Waals surface area contributed by atoms with Crippen LogP contribution in [0.15, 0.2) is 4.99 Å². The van der Waals surface area contributed by atoms with E-state index in [0.29, 0.717) is 0 Å². The van der Waals surface area contributed by atoms with Gasteiger partial charge in [-0.1, -0.05) is 12.8 Å². The monoisotopic (exact) mass is 495 g/mol. The van der Waals surface area contributed by atoms with Gasteiger partial charge in [0.05, 0.1) is 13.2 Å². The van der Waals surface area contributed by atoms with Crippen LogP contribution in [0.5, 0.6) is 0 Å². The Balaban J connectivity index is 0.00000364.